The van der Waals surface area contributed by atoms with Gasteiger partial charge in [-0.05, 0) is 24.1 Å². The maximum absolute atomic E-state index is 13.0. The molecule has 15 heavy (non-hydrogen) atoms. The van der Waals surface area contributed by atoms with Crippen molar-refractivity contribution < 1.29 is 9.50 Å². The number of nitrogen functional groups attached to an aromatic ring is 1. The van der Waals surface area contributed by atoms with Gasteiger partial charge in [-0.3, -0.25) is 0 Å². The van der Waals surface area contributed by atoms with E-state index in [1.165, 1.54) is 18.2 Å². The molecule has 0 radical (unpaired) electrons. The first-order chi connectivity index (χ1) is 7.10. The molecule has 0 saturated carbocycles. The summed E-state index contributed by atoms with van der Waals surface area (Å²) < 4.78 is 13.0. The van der Waals surface area contributed by atoms with Crippen molar-refractivity contribution in [3.8, 4) is 0 Å². The predicted octanol–water partition coefficient (Wildman–Crippen LogP) is 2.88. The molecule has 0 aromatic heterocycles. The van der Waals surface area contributed by atoms with Crippen LogP contribution in [0.3, 0.4) is 0 Å². The van der Waals surface area contributed by atoms with Crippen LogP contribution in [0.25, 0.3) is 0 Å². The lowest BCUT2D eigenvalue weighted by Gasteiger charge is -2.21. The molecule has 3 heteroatoms. The van der Waals surface area contributed by atoms with Crippen LogP contribution >= 0.6 is 0 Å². The largest absolute Gasteiger partial charge is 0.398 e. The quantitative estimate of drug-likeness (QED) is 0.752. The standard InChI is InChI=1S/C12H18FNO/c1-3-8(4-2)12(15)10-7-9(13)5-6-11(10)14/h5-8,12,15H,3-4,14H2,1-2H3. The highest BCUT2D eigenvalue weighted by Gasteiger charge is 2.19. The number of hydrogen-bond acceptors (Lipinski definition) is 2. The van der Waals surface area contributed by atoms with Crippen LogP contribution in [0, 0.1) is 11.7 Å². The van der Waals surface area contributed by atoms with Crippen molar-refractivity contribution in [2.24, 2.45) is 5.92 Å². The third kappa shape index (κ3) is 2.69. The molecule has 1 unspecified atom stereocenters. The van der Waals surface area contributed by atoms with E-state index in [-0.39, 0.29) is 11.7 Å². The van der Waals surface area contributed by atoms with Gasteiger partial charge in [0.25, 0.3) is 0 Å². The van der Waals surface area contributed by atoms with Gasteiger partial charge in [0.2, 0.25) is 0 Å². The van der Waals surface area contributed by atoms with Crippen LogP contribution in [-0.2, 0) is 0 Å². The van der Waals surface area contributed by atoms with E-state index in [2.05, 4.69) is 0 Å². The summed E-state index contributed by atoms with van der Waals surface area (Å²) in [4.78, 5) is 0. The van der Waals surface area contributed by atoms with Gasteiger partial charge in [-0.25, -0.2) is 4.39 Å². The molecule has 0 spiro atoms. The lowest BCUT2D eigenvalue weighted by atomic mass is 9.90. The number of benzene rings is 1. The van der Waals surface area contributed by atoms with Gasteiger partial charge < -0.3 is 10.8 Å². The van der Waals surface area contributed by atoms with Crippen LogP contribution < -0.4 is 5.73 Å². The average molecular weight is 211 g/mol. The van der Waals surface area contributed by atoms with E-state index in [1.807, 2.05) is 13.8 Å². The molecule has 0 fully saturated rings. The smallest absolute Gasteiger partial charge is 0.123 e. The molecule has 0 heterocycles. The van der Waals surface area contributed by atoms with Gasteiger partial charge in [0.05, 0.1) is 6.10 Å². The summed E-state index contributed by atoms with van der Waals surface area (Å²) in [7, 11) is 0. The Balaban J connectivity index is 2.98. The molecular formula is C12H18FNO. The van der Waals surface area contributed by atoms with E-state index >= 15 is 0 Å². The molecule has 0 saturated heterocycles. The third-order valence-corrected chi connectivity index (χ3v) is 2.86. The topological polar surface area (TPSA) is 46.2 Å². The molecule has 0 aliphatic heterocycles. The van der Waals surface area contributed by atoms with Gasteiger partial charge >= 0.3 is 0 Å². The molecule has 1 rings (SSSR count). The average Bonchev–Trinajstić information content (AvgIpc) is 2.23. The first-order valence-electron chi connectivity index (χ1n) is 5.33. The lowest BCUT2D eigenvalue weighted by Crippen LogP contribution is -2.13. The van der Waals surface area contributed by atoms with Crippen molar-refractivity contribution in [1.82, 2.24) is 0 Å². The Hall–Kier alpha value is -1.09. The molecular weight excluding hydrogens is 193 g/mol. The summed E-state index contributed by atoms with van der Waals surface area (Å²) in [5, 5.41) is 10.0. The third-order valence-electron chi connectivity index (χ3n) is 2.86. The van der Waals surface area contributed by atoms with Crippen LogP contribution in [0.4, 0.5) is 10.1 Å². The Morgan fingerprint density at radius 2 is 1.93 bits per heavy atom. The predicted molar refractivity (Wildman–Crippen MR) is 59.8 cm³/mol. The van der Waals surface area contributed by atoms with E-state index in [1.54, 1.807) is 0 Å². The SMILES string of the molecule is CCC(CC)C(O)c1cc(F)ccc1N. The van der Waals surface area contributed by atoms with Crippen LogP contribution in [-0.4, -0.2) is 5.11 Å². The number of halogens is 1. The van der Waals surface area contributed by atoms with E-state index in [0.717, 1.165) is 12.8 Å². The summed E-state index contributed by atoms with van der Waals surface area (Å²) in [6, 6.07) is 4.12. The van der Waals surface area contributed by atoms with Crippen molar-refractivity contribution in [3.05, 3.63) is 29.6 Å². The normalized spacial score (nSPS) is 13.1. The van der Waals surface area contributed by atoms with Crippen LogP contribution in [0.1, 0.15) is 38.4 Å². The number of anilines is 1. The zero-order valence-electron chi connectivity index (χ0n) is 9.20. The summed E-state index contributed by atoms with van der Waals surface area (Å²) in [5.41, 5.74) is 6.67. The van der Waals surface area contributed by atoms with E-state index in [9.17, 15) is 9.50 Å². The zero-order valence-corrected chi connectivity index (χ0v) is 9.20. The molecule has 84 valence electrons. The van der Waals surface area contributed by atoms with E-state index in [0.29, 0.717) is 11.3 Å². The number of aliphatic hydroxyl groups excluding tert-OH is 1. The molecule has 0 bridgehead atoms. The van der Waals surface area contributed by atoms with Crippen molar-refractivity contribution in [2.75, 3.05) is 5.73 Å². The fourth-order valence-electron chi connectivity index (χ4n) is 1.79. The second-order valence-electron chi connectivity index (χ2n) is 3.79. The monoisotopic (exact) mass is 211 g/mol. The summed E-state index contributed by atoms with van der Waals surface area (Å²) >= 11 is 0. The fraction of sp³-hybridized carbons (Fsp3) is 0.500. The number of nitrogens with two attached hydrogens (primary N) is 1. The maximum Gasteiger partial charge on any atom is 0.123 e. The number of rotatable bonds is 4. The summed E-state index contributed by atoms with van der Waals surface area (Å²) in [5.74, 6) is -0.224. The first-order valence-corrected chi connectivity index (χ1v) is 5.33. The van der Waals surface area contributed by atoms with Crippen molar-refractivity contribution >= 4 is 5.69 Å². The second-order valence-corrected chi connectivity index (χ2v) is 3.79. The fourth-order valence-corrected chi connectivity index (χ4v) is 1.79. The Morgan fingerprint density at radius 3 is 2.47 bits per heavy atom. The molecule has 0 aliphatic rings. The minimum absolute atomic E-state index is 0.133. The molecule has 1 aromatic carbocycles. The second kappa shape index (κ2) is 5.12. The Kier molecular flexibility index (Phi) is 4.09. The van der Waals surface area contributed by atoms with Gasteiger partial charge in [-0.2, -0.15) is 0 Å². The van der Waals surface area contributed by atoms with Crippen LogP contribution in [0.5, 0.6) is 0 Å². The van der Waals surface area contributed by atoms with Gasteiger partial charge in [-0.1, -0.05) is 26.7 Å². The molecule has 0 aliphatic carbocycles. The minimum Gasteiger partial charge on any atom is -0.398 e. The highest BCUT2D eigenvalue weighted by atomic mass is 19.1. The Morgan fingerprint density at radius 1 is 1.33 bits per heavy atom. The molecule has 1 atom stereocenters. The molecule has 3 N–H and O–H groups in total. The Bertz CT molecular complexity index is 323. The van der Waals surface area contributed by atoms with E-state index in [4.69, 9.17) is 5.73 Å². The van der Waals surface area contributed by atoms with Crippen LogP contribution in [0.2, 0.25) is 0 Å². The van der Waals surface area contributed by atoms with Gasteiger partial charge in [0.1, 0.15) is 5.82 Å². The molecule has 1 aromatic rings. The Labute approximate surface area is 89.9 Å². The highest BCUT2D eigenvalue weighted by molar-refractivity contribution is 5.48. The summed E-state index contributed by atoms with van der Waals surface area (Å²) in [6.07, 6.45) is 1.04. The van der Waals surface area contributed by atoms with Crippen molar-refractivity contribution in [3.63, 3.8) is 0 Å². The number of hydrogen-bond donors (Lipinski definition) is 2. The molecule has 0 amide bonds. The minimum atomic E-state index is -0.671. The molecule has 2 nitrogen and oxygen atoms in total. The van der Waals surface area contributed by atoms with Crippen molar-refractivity contribution in [1.29, 1.82) is 0 Å². The van der Waals surface area contributed by atoms with Crippen molar-refractivity contribution in [2.45, 2.75) is 32.8 Å². The lowest BCUT2D eigenvalue weighted by molar-refractivity contribution is 0.104. The highest BCUT2D eigenvalue weighted by Crippen LogP contribution is 2.30. The van der Waals surface area contributed by atoms with Gasteiger partial charge in [-0.15, -0.1) is 0 Å². The van der Waals surface area contributed by atoms with Crippen LogP contribution in [0.15, 0.2) is 18.2 Å². The van der Waals surface area contributed by atoms with Gasteiger partial charge in [0.15, 0.2) is 0 Å². The summed E-state index contributed by atoms with van der Waals surface area (Å²) in [6.45, 7) is 4.01. The zero-order chi connectivity index (χ0) is 11.4. The maximum atomic E-state index is 13.0. The first kappa shape index (κ1) is 12.0. The van der Waals surface area contributed by atoms with E-state index < -0.39 is 6.10 Å². The number of aliphatic hydroxyl groups is 1. The van der Waals surface area contributed by atoms with Gasteiger partial charge in [0, 0.05) is 11.3 Å².